The normalized spacial score (nSPS) is 17.1. The highest BCUT2D eigenvalue weighted by Gasteiger charge is 2.24. The van der Waals surface area contributed by atoms with Crippen LogP contribution in [0.2, 0.25) is 0 Å². The van der Waals surface area contributed by atoms with Gasteiger partial charge >= 0.3 is 0 Å². The van der Waals surface area contributed by atoms with Crippen LogP contribution in [0.5, 0.6) is 0 Å². The minimum absolute atomic E-state index is 0.0310. The van der Waals surface area contributed by atoms with Crippen molar-refractivity contribution in [3.8, 4) is 0 Å². The van der Waals surface area contributed by atoms with E-state index < -0.39 is 0 Å². The van der Waals surface area contributed by atoms with E-state index in [1.165, 1.54) is 25.7 Å². The quantitative estimate of drug-likeness (QED) is 0.875. The third-order valence-electron chi connectivity index (χ3n) is 3.59. The molecule has 0 spiro atoms. The molecule has 1 saturated carbocycles. The van der Waals surface area contributed by atoms with Crippen molar-refractivity contribution < 1.29 is 4.79 Å². The molecule has 1 fully saturated rings. The fraction of sp³-hybridized carbons (Fsp3) is 0.714. The van der Waals surface area contributed by atoms with Crippen LogP contribution >= 0.6 is 0 Å². The molecule has 1 aromatic rings. The monoisotopic (exact) mass is 249 g/mol. The van der Waals surface area contributed by atoms with E-state index in [1.54, 1.807) is 4.68 Å². The van der Waals surface area contributed by atoms with Crippen molar-refractivity contribution in [3.05, 3.63) is 11.8 Å². The van der Waals surface area contributed by atoms with Gasteiger partial charge in [-0.1, -0.05) is 33.6 Å². The standard InChI is InChI=1S/C14H23N3O/c1-14(2,3)13(18)15-12-9-11(16-17(12)4)10-7-5-6-8-10/h9-10H,5-8H2,1-4H3,(H,15,18). The molecule has 1 aliphatic carbocycles. The fourth-order valence-corrected chi connectivity index (χ4v) is 2.33. The smallest absolute Gasteiger partial charge is 0.230 e. The third-order valence-corrected chi connectivity index (χ3v) is 3.59. The number of carbonyl (C=O) groups excluding carboxylic acids is 1. The third kappa shape index (κ3) is 2.74. The van der Waals surface area contributed by atoms with Gasteiger partial charge in [0.15, 0.2) is 0 Å². The second kappa shape index (κ2) is 4.75. The van der Waals surface area contributed by atoms with Crippen LogP contribution in [0.1, 0.15) is 58.1 Å². The van der Waals surface area contributed by atoms with Crippen molar-refractivity contribution in [2.24, 2.45) is 12.5 Å². The van der Waals surface area contributed by atoms with Crippen LogP contribution in [-0.2, 0) is 11.8 Å². The fourth-order valence-electron chi connectivity index (χ4n) is 2.33. The second-order valence-corrected chi connectivity index (χ2v) is 6.26. The molecule has 0 saturated heterocycles. The van der Waals surface area contributed by atoms with E-state index in [2.05, 4.69) is 10.4 Å². The van der Waals surface area contributed by atoms with Gasteiger partial charge in [-0.2, -0.15) is 5.10 Å². The van der Waals surface area contributed by atoms with Crippen LogP contribution < -0.4 is 5.32 Å². The van der Waals surface area contributed by atoms with Crippen molar-refractivity contribution in [3.63, 3.8) is 0 Å². The maximum absolute atomic E-state index is 12.0. The zero-order valence-electron chi connectivity index (χ0n) is 11.8. The Labute approximate surface area is 109 Å². The number of nitrogens with one attached hydrogen (secondary N) is 1. The maximum Gasteiger partial charge on any atom is 0.230 e. The number of aromatic nitrogens is 2. The molecule has 0 aromatic carbocycles. The lowest BCUT2D eigenvalue weighted by Crippen LogP contribution is -2.28. The van der Waals surface area contributed by atoms with Crippen LogP contribution in [0.25, 0.3) is 0 Å². The molecule has 0 atom stereocenters. The van der Waals surface area contributed by atoms with E-state index in [0.29, 0.717) is 5.92 Å². The Kier molecular flexibility index (Phi) is 3.46. The van der Waals surface area contributed by atoms with Crippen LogP contribution in [0.4, 0.5) is 5.82 Å². The molecule has 4 heteroatoms. The zero-order valence-corrected chi connectivity index (χ0v) is 11.8. The van der Waals surface area contributed by atoms with Crippen LogP contribution in [0.3, 0.4) is 0 Å². The number of hydrogen-bond donors (Lipinski definition) is 1. The second-order valence-electron chi connectivity index (χ2n) is 6.26. The highest BCUT2D eigenvalue weighted by Crippen LogP contribution is 2.34. The Morgan fingerprint density at radius 2 is 2.00 bits per heavy atom. The highest BCUT2D eigenvalue weighted by molar-refractivity contribution is 5.93. The predicted molar refractivity (Wildman–Crippen MR) is 72.5 cm³/mol. The van der Waals surface area contributed by atoms with E-state index in [-0.39, 0.29) is 11.3 Å². The number of rotatable bonds is 2. The van der Waals surface area contributed by atoms with Crippen molar-refractivity contribution in [2.45, 2.75) is 52.4 Å². The van der Waals surface area contributed by atoms with E-state index in [4.69, 9.17) is 0 Å². The van der Waals surface area contributed by atoms with Gasteiger partial charge in [0.25, 0.3) is 0 Å². The molecule has 0 unspecified atom stereocenters. The Morgan fingerprint density at radius 3 is 2.56 bits per heavy atom. The van der Waals surface area contributed by atoms with E-state index in [9.17, 15) is 4.79 Å². The number of anilines is 1. The lowest BCUT2D eigenvalue weighted by Gasteiger charge is -2.17. The molecule has 1 amide bonds. The predicted octanol–water partition coefficient (Wildman–Crippen LogP) is 3.06. The average Bonchev–Trinajstić information content (AvgIpc) is 2.87. The molecule has 1 N–H and O–H groups in total. The average molecular weight is 249 g/mol. The van der Waals surface area contributed by atoms with Crippen LogP contribution in [0, 0.1) is 5.41 Å². The summed E-state index contributed by atoms with van der Waals surface area (Å²) >= 11 is 0. The van der Waals surface area contributed by atoms with Gasteiger partial charge < -0.3 is 5.32 Å². The van der Waals surface area contributed by atoms with Crippen molar-refractivity contribution >= 4 is 11.7 Å². The van der Waals surface area contributed by atoms with Gasteiger partial charge in [-0.25, -0.2) is 0 Å². The lowest BCUT2D eigenvalue weighted by molar-refractivity contribution is -0.123. The Hall–Kier alpha value is -1.32. The maximum atomic E-state index is 12.0. The molecule has 0 aliphatic heterocycles. The molecule has 1 aliphatic rings. The van der Waals surface area contributed by atoms with Gasteiger partial charge in [0, 0.05) is 24.4 Å². The SMILES string of the molecule is Cn1nc(C2CCCC2)cc1NC(=O)C(C)(C)C. The van der Waals surface area contributed by atoms with Gasteiger partial charge in [-0.15, -0.1) is 0 Å². The molecule has 2 rings (SSSR count). The Bertz CT molecular complexity index is 436. The summed E-state index contributed by atoms with van der Waals surface area (Å²) < 4.78 is 1.78. The molecular weight excluding hydrogens is 226 g/mol. The lowest BCUT2D eigenvalue weighted by atomic mass is 9.96. The first-order valence-electron chi connectivity index (χ1n) is 6.73. The van der Waals surface area contributed by atoms with E-state index >= 15 is 0 Å². The summed E-state index contributed by atoms with van der Waals surface area (Å²) in [6, 6.07) is 2.03. The summed E-state index contributed by atoms with van der Waals surface area (Å²) in [5, 5.41) is 7.49. The molecule has 0 bridgehead atoms. The molecule has 0 radical (unpaired) electrons. The number of aryl methyl sites for hydroxylation is 1. The van der Waals surface area contributed by atoms with Crippen molar-refractivity contribution in [2.75, 3.05) is 5.32 Å². The number of amides is 1. The van der Waals surface area contributed by atoms with Crippen molar-refractivity contribution in [1.82, 2.24) is 9.78 Å². The Balaban J connectivity index is 2.12. The summed E-state index contributed by atoms with van der Waals surface area (Å²) in [5.41, 5.74) is 0.747. The summed E-state index contributed by atoms with van der Waals surface area (Å²) in [6.45, 7) is 5.74. The van der Waals surface area contributed by atoms with Crippen molar-refractivity contribution in [1.29, 1.82) is 0 Å². The van der Waals surface area contributed by atoms with Gasteiger partial charge in [0.05, 0.1) is 5.69 Å². The van der Waals surface area contributed by atoms with Gasteiger partial charge in [0.2, 0.25) is 5.91 Å². The number of hydrogen-bond acceptors (Lipinski definition) is 2. The van der Waals surface area contributed by atoms with Gasteiger partial charge in [-0.3, -0.25) is 9.48 Å². The van der Waals surface area contributed by atoms with Gasteiger partial charge in [-0.05, 0) is 12.8 Å². The summed E-state index contributed by atoms with van der Waals surface area (Å²) in [6.07, 6.45) is 5.04. The first-order valence-corrected chi connectivity index (χ1v) is 6.73. The molecule has 1 heterocycles. The minimum atomic E-state index is -0.377. The topological polar surface area (TPSA) is 46.9 Å². The van der Waals surface area contributed by atoms with E-state index in [1.807, 2.05) is 33.9 Å². The van der Waals surface area contributed by atoms with E-state index in [0.717, 1.165) is 11.5 Å². The molecule has 18 heavy (non-hydrogen) atoms. The molecule has 100 valence electrons. The number of nitrogens with zero attached hydrogens (tertiary/aromatic N) is 2. The van der Waals surface area contributed by atoms with Crippen LogP contribution in [0.15, 0.2) is 6.07 Å². The molecule has 1 aromatic heterocycles. The largest absolute Gasteiger partial charge is 0.310 e. The first-order chi connectivity index (χ1) is 8.38. The Morgan fingerprint density at radius 1 is 1.39 bits per heavy atom. The first kappa shape index (κ1) is 13.1. The summed E-state index contributed by atoms with van der Waals surface area (Å²) in [5.74, 6) is 1.41. The number of carbonyl (C=O) groups is 1. The summed E-state index contributed by atoms with van der Waals surface area (Å²) in [4.78, 5) is 12.0. The zero-order chi connectivity index (χ0) is 13.3. The summed E-state index contributed by atoms with van der Waals surface area (Å²) in [7, 11) is 1.89. The molecule has 4 nitrogen and oxygen atoms in total. The minimum Gasteiger partial charge on any atom is -0.310 e. The highest BCUT2D eigenvalue weighted by atomic mass is 16.2. The van der Waals surface area contributed by atoms with Crippen LogP contribution in [-0.4, -0.2) is 15.7 Å². The molecular formula is C14H23N3O. The van der Waals surface area contributed by atoms with Gasteiger partial charge in [0.1, 0.15) is 5.82 Å².